The monoisotopic (exact) mass is 363 g/mol. The topological polar surface area (TPSA) is 84.0 Å². The van der Waals surface area contributed by atoms with E-state index in [1.54, 1.807) is 18.1 Å². The lowest BCUT2D eigenvalue weighted by Gasteiger charge is -2.11. The van der Waals surface area contributed by atoms with Crippen LogP contribution in [0.5, 0.6) is 0 Å². The van der Waals surface area contributed by atoms with E-state index in [9.17, 15) is 10.1 Å². The molecule has 0 aliphatic heterocycles. The fourth-order valence-electron chi connectivity index (χ4n) is 2.64. The summed E-state index contributed by atoms with van der Waals surface area (Å²) in [6, 6.07) is 18.6. The molecular formula is C18H13N5O2S. The second-order valence-electron chi connectivity index (χ2n) is 5.69. The summed E-state index contributed by atoms with van der Waals surface area (Å²) in [5.41, 5.74) is 1.58. The predicted molar refractivity (Wildman–Crippen MR) is 103 cm³/mol. The Morgan fingerprint density at radius 1 is 1.08 bits per heavy atom. The summed E-state index contributed by atoms with van der Waals surface area (Å²) in [6.07, 6.45) is 0. The Hall–Kier alpha value is -3.39. The summed E-state index contributed by atoms with van der Waals surface area (Å²) in [4.78, 5) is 10.5. The highest BCUT2D eigenvalue weighted by Gasteiger charge is 2.12. The van der Waals surface area contributed by atoms with Crippen LogP contribution in [0.25, 0.3) is 21.7 Å². The Morgan fingerprint density at radius 3 is 2.69 bits per heavy atom. The van der Waals surface area contributed by atoms with Gasteiger partial charge >= 0.3 is 0 Å². The number of nitro benzene ring substituents is 1. The first-order chi connectivity index (χ1) is 12.6. The minimum atomic E-state index is -0.431. The molecule has 0 saturated carbocycles. The molecule has 3 aromatic carbocycles. The molecular weight excluding hydrogens is 350 g/mol. The minimum absolute atomic E-state index is 0.0111. The van der Waals surface area contributed by atoms with E-state index in [-0.39, 0.29) is 5.69 Å². The molecule has 0 bridgehead atoms. The molecule has 0 N–H and O–H groups in total. The van der Waals surface area contributed by atoms with Crippen LogP contribution in [0.3, 0.4) is 0 Å². The van der Waals surface area contributed by atoms with Gasteiger partial charge in [0.1, 0.15) is 0 Å². The second kappa shape index (κ2) is 6.49. The third-order valence-electron chi connectivity index (χ3n) is 4.03. The van der Waals surface area contributed by atoms with E-state index in [2.05, 4.69) is 20.8 Å². The van der Waals surface area contributed by atoms with Gasteiger partial charge in [-0.3, -0.25) is 10.1 Å². The van der Waals surface area contributed by atoms with Crippen molar-refractivity contribution in [3.63, 3.8) is 0 Å². The van der Waals surface area contributed by atoms with Crippen LogP contribution < -0.4 is 5.01 Å². The van der Waals surface area contributed by atoms with Crippen molar-refractivity contribution in [1.29, 1.82) is 0 Å². The van der Waals surface area contributed by atoms with Gasteiger partial charge in [-0.15, -0.1) is 5.11 Å². The number of anilines is 1. The number of rotatable bonds is 4. The molecule has 0 fully saturated rings. The Bertz CT molecular complexity index is 1150. The molecule has 4 rings (SSSR count). The van der Waals surface area contributed by atoms with Crippen LogP contribution in [0.1, 0.15) is 0 Å². The maximum Gasteiger partial charge on any atom is 0.270 e. The van der Waals surface area contributed by atoms with E-state index in [0.717, 1.165) is 28.0 Å². The lowest BCUT2D eigenvalue weighted by atomic mass is 10.1. The number of fused-ring (bicyclic) bond motifs is 2. The van der Waals surface area contributed by atoms with Gasteiger partial charge in [-0.25, -0.2) is 5.01 Å². The summed E-state index contributed by atoms with van der Waals surface area (Å²) < 4.78 is 4.26. The normalized spacial score (nSPS) is 11.4. The van der Waals surface area contributed by atoms with Gasteiger partial charge in [-0.05, 0) is 40.5 Å². The van der Waals surface area contributed by atoms with Crippen LogP contribution in [-0.4, -0.2) is 16.3 Å². The zero-order valence-corrected chi connectivity index (χ0v) is 14.6. The van der Waals surface area contributed by atoms with Crippen molar-refractivity contribution in [3.05, 3.63) is 70.8 Å². The number of non-ortho nitro benzene ring substituents is 1. The van der Waals surface area contributed by atoms with Gasteiger partial charge in [-0.2, -0.15) is 4.37 Å². The van der Waals surface area contributed by atoms with E-state index in [4.69, 9.17) is 0 Å². The first kappa shape index (κ1) is 16.1. The Morgan fingerprint density at radius 2 is 1.88 bits per heavy atom. The maximum absolute atomic E-state index is 11.0. The first-order valence-corrected chi connectivity index (χ1v) is 8.57. The summed E-state index contributed by atoms with van der Waals surface area (Å²) >= 11 is 1.16. The van der Waals surface area contributed by atoms with Crippen molar-refractivity contribution in [2.75, 3.05) is 12.1 Å². The van der Waals surface area contributed by atoms with Crippen molar-refractivity contribution >= 4 is 49.6 Å². The first-order valence-electron chi connectivity index (χ1n) is 7.80. The molecule has 0 aliphatic carbocycles. The number of hydrogen-bond donors (Lipinski definition) is 0. The van der Waals surface area contributed by atoms with E-state index in [1.807, 2.05) is 36.4 Å². The third kappa shape index (κ3) is 2.98. The van der Waals surface area contributed by atoms with Crippen LogP contribution in [0.15, 0.2) is 71.0 Å². The van der Waals surface area contributed by atoms with E-state index < -0.39 is 4.92 Å². The molecule has 0 aliphatic rings. The Kier molecular flexibility index (Phi) is 4.02. The van der Waals surface area contributed by atoms with E-state index in [1.165, 1.54) is 12.1 Å². The lowest BCUT2D eigenvalue weighted by molar-refractivity contribution is -0.384. The van der Waals surface area contributed by atoms with E-state index >= 15 is 0 Å². The number of benzene rings is 3. The second-order valence-corrected chi connectivity index (χ2v) is 6.44. The molecule has 7 nitrogen and oxygen atoms in total. The average Bonchev–Trinajstić information content (AvgIpc) is 3.08. The standard InChI is InChI=1S/C18H13N5O2S/c1-22(14-7-6-12-4-2-3-5-13(12)10-14)21-19-18-16-11-15(23(24)25)8-9-17(16)20-26-18/h2-11H,1H3/b21-19+. The Balaban J connectivity index is 1.65. The largest absolute Gasteiger partial charge is 0.270 e. The number of nitro groups is 1. The van der Waals surface area contributed by atoms with Gasteiger partial charge in [0.05, 0.1) is 16.1 Å². The number of nitrogens with zero attached hydrogens (tertiary/aromatic N) is 5. The van der Waals surface area contributed by atoms with Crippen molar-refractivity contribution in [1.82, 2.24) is 4.37 Å². The quantitative estimate of drug-likeness (QED) is 0.272. The van der Waals surface area contributed by atoms with Crippen molar-refractivity contribution in [2.45, 2.75) is 0 Å². The highest BCUT2D eigenvalue weighted by atomic mass is 32.1. The van der Waals surface area contributed by atoms with Gasteiger partial charge in [-0.1, -0.05) is 35.6 Å². The fraction of sp³-hybridized carbons (Fsp3) is 0.0556. The maximum atomic E-state index is 11.0. The Labute approximate surface area is 152 Å². The summed E-state index contributed by atoms with van der Waals surface area (Å²) in [6.45, 7) is 0. The molecule has 0 unspecified atom stereocenters. The SMILES string of the molecule is CN(/N=N/c1snc2ccc([N+](=O)[O-])cc12)c1ccc2ccccc2c1. The smallest absolute Gasteiger partial charge is 0.258 e. The fourth-order valence-corrected chi connectivity index (χ4v) is 3.32. The van der Waals surface area contributed by atoms with Gasteiger partial charge in [0.15, 0.2) is 5.00 Å². The van der Waals surface area contributed by atoms with Crippen LogP contribution in [-0.2, 0) is 0 Å². The van der Waals surface area contributed by atoms with Crippen molar-refractivity contribution < 1.29 is 4.92 Å². The van der Waals surface area contributed by atoms with Crippen molar-refractivity contribution in [2.24, 2.45) is 10.3 Å². The lowest BCUT2D eigenvalue weighted by Crippen LogP contribution is -2.06. The van der Waals surface area contributed by atoms with Crippen LogP contribution >= 0.6 is 11.5 Å². The zero-order valence-electron chi connectivity index (χ0n) is 13.7. The molecule has 0 amide bonds. The highest BCUT2D eigenvalue weighted by molar-refractivity contribution is 7.11. The molecule has 0 saturated heterocycles. The molecule has 4 aromatic rings. The van der Waals surface area contributed by atoms with Gasteiger partial charge in [0.25, 0.3) is 5.69 Å². The molecule has 0 radical (unpaired) electrons. The van der Waals surface area contributed by atoms with E-state index in [0.29, 0.717) is 15.9 Å². The average molecular weight is 363 g/mol. The third-order valence-corrected chi connectivity index (χ3v) is 4.79. The summed E-state index contributed by atoms with van der Waals surface area (Å²) in [7, 11) is 1.80. The van der Waals surface area contributed by atoms with Gasteiger partial charge in [0.2, 0.25) is 0 Å². The zero-order chi connectivity index (χ0) is 18.1. The van der Waals surface area contributed by atoms with Crippen LogP contribution in [0.4, 0.5) is 16.4 Å². The molecule has 26 heavy (non-hydrogen) atoms. The van der Waals surface area contributed by atoms with Crippen molar-refractivity contribution in [3.8, 4) is 0 Å². The van der Waals surface area contributed by atoms with Gasteiger partial charge in [0, 0.05) is 24.6 Å². The molecule has 128 valence electrons. The molecule has 8 heteroatoms. The predicted octanol–water partition coefficient (Wildman–Crippen LogP) is 5.49. The minimum Gasteiger partial charge on any atom is -0.258 e. The van der Waals surface area contributed by atoms with Gasteiger partial charge < -0.3 is 0 Å². The number of aromatic nitrogens is 1. The van der Waals surface area contributed by atoms with Crippen LogP contribution in [0, 0.1) is 10.1 Å². The summed E-state index contributed by atoms with van der Waals surface area (Å²) in [5.74, 6) is 0. The molecule has 0 spiro atoms. The highest BCUT2D eigenvalue weighted by Crippen LogP contribution is 2.33. The summed E-state index contributed by atoms with van der Waals surface area (Å²) in [5, 5.41) is 24.5. The molecule has 1 aromatic heterocycles. The molecule has 0 atom stereocenters. The molecule has 1 heterocycles. The van der Waals surface area contributed by atoms with Crippen LogP contribution in [0.2, 0.25) is 0 Å². The number of hydrogen-bond acceptors (Lipinski definition) is 6.